The molecule has 0 spiro atoms. The van der Waals surface area contributed by atoms with Crippen LogP contribution < -0.4 is 5.43 Å². The summed E-state index contributed by atoms with van der Waals surface area (Å²) in [5, 5.41) is 11.5. The van der Waals surface area contributed by atoms with Crippen molar-refractivity contribution < 1.29 is 14.3 Å². The maximum atomic E-state index is 12.9. The zero-order valence-electron chi connectivity index (χ0n) is 11.2. The van der Waals surface area contributed by atoms with E-state index in [9.17, 15) is 14.3 Å². The van der Waals surface area contributed by atoms with Crippen LogP contribution in [0.4, 0.5) is 4.39 Å². The van der Waals surface area contributed by atoms with Crippen molar-refractivity contribution in [3.8, 4) is 5.75 Å². The van der Waals surface area contributed by atoms with Crippen molar-refractivity contribution in [1.29, 1.82) is 0 Å². The Balaban J connectivity index is 2.11. The molecule has 2 N–H and O–H groups in total. The highest BCUT2D eigenvalue weighted by Crippen LogP contribution is 2.22. The Kier molecular flexibility index (Phi) is 4.04. The lowest BCUT2D eigenvalue weighted by molar-refractivity contribution is 0.0368. The molecule has 104 valence electrons. The molecule has 19 heavy (non-hydrogen) atoms. The molecule has 4 nitrogen and oxygen atoms in total. The van der Waals surface area contributed by atoms with Gasteiger partial charge in [0.15, 0.2) is 0 Å². The number of phenolic OH excluding ortho intramolecular Hbond substituents is 1. The van der Waals surface area contributed by atoms with E-state index in [1.807, 2.05) is 5.01 Å². The van der Waals surface area contributed by atoms with Gasteiger partial charge in [-0.2, -0.15) is 0 Å². The molecular formula is C14H19FN2O2. The fourth-order valence-electron chi connectivity index (χ4n) is 2.52. The lowest BCUT2D eigenvalue weighted by Gasteiger charge is -2.38. The number of carbonyl (C=O) groups is 1. The summed E-state index contributed by atoms with van der Waals surface area (Å²) in [6, 6.07) is 3.92. The molecule has 0 bridgehead atoms. The van der Waals surface area contributed by atoms with Gasteiger partial charge in [-0.25, -0.2) is 9.40 Å². The van der Waals surface area contributed by atoms with Crippen molar-refractivity contribution in [3.63, 3.8) is 0 Å². The molecular weight excluding hydrogens is 247 g/mol. The lowest BCUT2D eigenvalue weighted by Crippen LogP contribution is -2.54. The second kappa shape index (κ2) is 5.57. The fraction of sp³-hybridized carbons (Fsp3) is 0.500. The summed E-state index contributed by atoms with van der Waals surface area (Å²) in [6.07, 6.45) is 3.20. The number of hydrazine groups is 1. The van der Waals surface area contributed by atoms with Gasteiger partial charge in [-0.15, -0.1) is 0 Å². The van der Waals surface area contributed by atoms with Gasteiger partial charge in [0.05, 0.1) is 5.56 Å². The quantitative estimate of drug-likeness (QED) is 0.864. The maximum absolute atomic E-state index is 12.9. The first-order valence-electron chi connectivity index (χ1n) is 6.57. The van der Waals surface area contributed by atoms with Gasteiger partial charge in [-0.05, 0) is 38.8 Å². The van der Waals surface area contributed by atoms with Crippen LogP contribution in [0.2, 0.25) is 0 Å². The number of rotatable bonds is 2. The van der Waals surface area contributed by atoms with Gasteiger partial charge in [0.25, 0.3) is 5.91 Å². The minimum atomic E-state index is -0.561. The van der Waals surface area contributed by atoms with Crippen molar-refractivity contribution in [3.05, 3.63) is 29.6 Å². The van der Waals surface area contributed by atoms with Crippen LogP contribution in [0.1, 0.15) is 43.5 Å². The molecule has 0 aliphatic carbocycles. The van der Waals surface area contributed by atoms with Gasteiger partial charge < -0.3 is 5.11 Å². The third kappa shape index (κ3) is 3.04. The molecule has 1 fully saturated rings. The zero-order valence-corrected chi connectivity index (χ0v) is 11.2. The zero-order chi connectivity index (χ0) is 14.0. The number of piperidine rings is 1. The maximum Gasteiger partial charge on any atom is 0.269 e. The van der Waals surface area contributed by atoms with Crippen molar-refractivity contribution in [2.45, 2.75) is 45.2 Å². The Bertz CT molecular complexity index is 469. The summed E-state index contributed by atoms with van der Waals surface area (Å²) in [7, 11) is 0. The van der Waals surface area contributed by atoms with E-state index in [4.69, 9.17) is 0 Å². The van der Waals surface area contributed by atoms with E-state index in [1.54, 1.807) is 0 Å². The molecule has 2 atom stereocenters. The van der Waals surface area contributed by atoms with E-state index in [1.165, 1.54) is 6.07 Å². The number of aromatic hydroxyl groups is 1. The predicted octanol–water partition coefficient (Wildman–Crippen LogP) is 2.44. The number of hydrogen-bond acceptors (Lipinski definition) is 3. The number of phenols is 1. The molecule has 1 aliphatic rings. The highest BCUT2D eigenvalue weighted by atomic mass is 19.1. The normalized spacial score (nSPS) is 24.2. The monoisotopic (exact) mass is 266 g/mol. The van der Waals surface area contributed by atoms with Crippen LogP contribution in [0.15, 0.2) is 18.2 Å². The van der Waals surface area contributed by atoms with E-state index < -0.39 is 11.7 Å². The topological polar surface area (TPSA) is 52.6 Å². The summed E-state index contributed by atoms with van der Waals surface area (Å²) in [6.45, 7) is 4.11. The van der Waals surface area contributed by atoms with Crippen LogP contribution in [0.25, 0.3) is 0 Å². The van der Waals surface area contributed by atoms with Crippen LogP contribution in [0.5, 0.6) is 5.75 Å². The number of nitrogens with one attached hydrogen (secondary N) is 1. The van der Waals surface area contributed by atoms with E-state index in [2.05, 4.69) is 19.3 Å². The third-order valence-corrected chi connectivity index (χ3v) is 3.63. The molecule has 1 aromatic rings. The smallest absolute Gasteiger partial charge is 0.269 e. The van der Waals surface area contributed by atoms with E-state index in [0.717, 1.165) is 31.4 Å². The molecule has 1 aromatic carbocycles. The lowest BCUT2D eigenvalue weighted by atomic mass is 10.00. The largest absolute Gasteiger partial charge is 0.507 e. The average molecular weight is 266 g/mol. The number of halogens is 1. The number of amides is 1. The molecule has 1 aliphatic heterocycles. The first-order chi connectivity index (χ1) is 8.99. The summed E-state index contributed by atoms with van der Waals surface area (Å²) in [4.78, 5) is 12.1. The Labute approximate surface area is 112 Å². The average Bonchev–Trinajstić information content (AvgIpc) is 2.33. The van der Waals surface area contributed by atoms with Gasteiger partial charge in [0, 0.05) is 18.2 Å². The molecule has 1 heterocycles. The Morgan fingerprint density at radius 3 is 2.58 bits per heavy atom. The van der Waals surface area contributed by atoms with Crippen LogP contribution in [-0.2, 0) is 0 Å². The van der Waals surface area contributed by atoms with E-state index >= 15 is 0 Å². The highest BCUT2D eigenvalue weighted by molar-refractivity contribution is 5.96. The predicted molar refractivity (Wildman–Crippen MR) is 70.1 cm³/mol. The molecule has 1 saturated heterocycles. The van der Waals surface area contributed by atoms with Crippen LogP contribution in [-0.4, -0.2) is 28.1 Å². The van der Waals surface area contributed by atoms with Gasteiger partial charge in [0.1, 0.15) is 11.6 Å². The molecule has 2 rings (SSSR count). The molecule has 2 unspecified atom stereocenters. The molecule has 0 saturated carbocycles. The van der Waals surface area contributed by atoms with Crippen molar-refractivity contribution in [1.82, 2.24) is 10.4 Å². The van der Waals surface area contributed by atoms with Gasteiger partial charge in [0.2, 0.25) is 0 Å². The molecule has 0 radical (unpaired) electrons. The first-order valence-corrected chi connectivity index (χ1v) is 6.57. The Hall–Kier alpha value is -1.62. The number of hydrogen-bond donors (Lipinski definition) is 2. The highest BCUT2D eigenvalue weighted by Gasteiger charge is 2.27. The SMILES string of the molecule is CC1CCCC(C)N1NC(=O)c1ccc(F)cc1O. The summed E-state index contributed by atoms with van der Waals surface area (Å²) in [5.74, 6) is -1.30. The molecule has 1 amide bonds. The van der Waals surface area contributed by atoms with Gasteiger partial charge in [-0.3, -0.25) is 10.2 Å². The Morgan fingerprint density at radius 1 is 1.37 bits per heavy atom. The van der Waals surface area contributed by atoms with Crippen molar-refractivity contribution >= 4 is 5.91 Å². The Morgan fingerprint density at radius 2 is 2.00 bits per heavy atom. The van der Waals surface area contributed by atoms with E-state index in [-0.39, 0.29) is 23.4 Å². The molecule has 5 heteroatoms. The molecule has 0 aromatic heterocycles. The van der Waals surface area contributed by atoms with Crippen LogP contribution in [0, 0.1) is 5.82 Å². The van der Waals surface area contributed by atoms with Gasteiger partial charge >= 0.3 is 0 Å². The number of benzene rings is 1. The number of carbonyl (C=O) groups excluding carboxylic acids is 1. The minimum Gasteiger partial charge on any atom is -0.507 e. The van der Waals surface area contributed by atoms with Crippen LogP contribution in [0.3, 0.4) is 0 Å². The third-order valence-electron chi connectivity index (χ3n) is 3.63. The summed E-state index contributed by atoms with van der Waals surface area (Å²) >= 11 is 0. The second-order valence-corrected chi connectivity index (χ2v) is 5.14. The van der Waals surface area contributed by atoms with Gasteiger partial charge in [-0.1, -0.05) is 6.42 Å². The van der Waals surface area contributed by atoms with E-state index in [0.29, 0.717) is 0 Å². The fourth-order valence-corrected chi connectivity index (χ4v) is 2.52. The number of nitrogens with zero attached hydrogens (tertiary/aromatic N) is 1. The minimum absolute atomic E-state index is 0.0892. The standard InChI is InChI=1S/C14H19FN2O2/c1-9-4-3-5-10(2)17(9)16-14(19)12-7-6-11(15)8-13(12)18/h6-10,18H,3-5H2,1-2H3,(H,16,19). The van der Waals surface area contributed by atoms with Crippen LogP contribution >= 0.6 is 0 Å². The summed E-state index contributed by atoms with van der Waals surface area (Å²) in [5.41, 5.74) is 2.90. The van der Waals surface area contributed by atoms with Crippen molar-refractivity contribution in [2.24, 2.45) is 0 Å². The summed E-state index contributed by atoms with van der Waals surface area (Å²) < 4.78 is 12.9. The first kappa shape index (κ1) is 13.8. The van der Waals surface area contributed by atoms with Crippen molar-refractivity contribution in [2.75, 3.05) is 0 Å². The second-order valence-electron chi connectivity index (χ2n) is 5.14.